The van der Waals surface area contributed by atoms with Crippen LogP contribution in [-0.4, -0.2) is 35.2 Å². The molecule has 0 radical (unpaired) electrons. The fourth-order valence-corrected chi connectivity index (χ4v) is 3.33. The Labute approximate surface area is 135 Å². The summed E-state index contributed by atoms with van der Waals surface area (Å²) in [4.78, 5) is 27.4. The van der Waals surface area contributed by atoms with Crippen LogP contribution in [0.25, 0.3) is 0 Å². The average Bonchev–Trinajstić information content (AvgIpc) is 2.46. The molecule has 1 saturated carbocycles. The fraction of sp³-hybridized carbons (Fsp3) is 0.562. The SMILES string of the molecule is COc1cccnc1NC(=O)NC(C)[C@@H]1C[C@H](C(=O)O)C1(C)C. The zero-order valence-electron chi connectivity index (χ0n) is 13.8. The van der Waals surface area contributed by atoms with Gasteiger partial charge in [0.15, 0.2) is 11.6 Å². The summed E-state index contributed by atoms with van der Waals surface area (Å²) in [6.07, 6.45) is 2.13. The Hall–Kier alpha value is -2.31. The number of carboxylic acid groups (broad SMARTS) is 1. The molecule has 7 heteroatoms. The van der Waals surface area contributed by atoms with E-state index in [9.17, 15) is 14.7 Å². The quantitative estimate of drug-likeness (QED) is 0.773. The first-order chi connectivity index (χ1) is 10.8. The van der Waals surface area contributed by atoms with Gasteiger partial charge in [-0.15, -0.1) is 0 Å². The number of rotatable bonds is 5. The first kappa shape index (κ1) is 17.1. The summed E-state index contributed by atoms with van der Waals surface area (Å²) in [5, 5.41) is 14.7. The van der Waals surface area contributed by atoms with Crippen LogP contribution in [0.1, 0.15) is 27.2 Å². The largest absolute Gasteiger partial charge is 0.493 e. The maximum Gasteiger partial charge on any atom is 0.320 e. The Morgan fingerprint density at radius 2 is 2.17 bits per heavy atom. The van der Waals surface area contributed by atoms with Crippen molar-refractivity contribution in [1.29, 1.82) is 0 Å². The summed E-state index contributed by atoms with van der Waals surface area (Å²) in [6.45, 7) is 5.75. The Balaban J connectivity index is 1.95. The molecule has 3 atom stereocenters. The molecule has 1 aromatic heterocycles. The molecule has 1 aliphatic carbocycles. The number of carbonyl (C=O) groups is 2. The van der Waals surface area contributed by atoms with Gasteiger partial charge in [0, 0.05) is 12.2 Å². The molecule has 2 amide bonds. The Bertz CT molecular complexity index is 603. The van der Waals surface area contributed by atoms with Gasteiger partial charge in [-0.25, -0.2) is 9.78 Å². The zero-order chi connectivity index (χ0) is 17.2. The van der Waals surface area contributed by atoms with Crippen molar-refractivity contribution < 1.29 is 19.4 Å². The number of anilines is 1. The lowest BCUT2D eigenvalue weighted by Crippen LogP contribution is -2.57. The number of pyridine rings is 1. The van der Waals surface area contributed by atoms with Crippen LogP contribution in [0.15, 0.2) is 18.3 Å². The zero-order valence-corrected chi connectivity index (χ0v) is 13.8. The number of nitrogens with zero attached hydrogens (tertiary/aromatic N) is 1. The molecule has 0 aliphatic heterocycles. The van der Waals surface area contributed by atoms with E-state index < -0.39 is 5.97 Å². The summed E-state index contributed by atoms with van der Waals surface area (Å²) in [7, 11) is 1.51. The summed E-state index contributed by atoms with van der Waals surface area (Å²) in [5.74, 6) is -0.210. The molecule has 7 nitrogen and oxygen atoms in total. The van der Waals surface area contributed by atoms with Crippen LogP contribution in [0.3, 0.4) is 0 Å². The van der Waals surface area contributed by atoms with Crippen LogP contribution in [0.5, 0.6) is 5.75 Å². The number of aliphatic carboxylic acids is 1. The number of nitrogens with one attached hydrogen (secondary N) is 2. The molecule has 0 aromatic carbocycles. The Morgan fingerprint density at radius 3 is 2.74 bits per heavy atom. The van der Waals surface area contributed by atoms with Gasteiger partial charge in [0.25, 0.3) is 0 Å². The maximum absolute atomic E-state index is 12.1. The normalized spacial score (nSPS) is 23.3. The van der Waals surface area contributed by atoms with Crippen LogP contribution in [-0.2, 0) is 4.79 Å². The van der Waals surface area contributed by atoms with Gasteiger partial charge in [-0.2, -0.15) is 0 Å². The minimum absolute atomic E-state index is 0.111. The second-order valence-corrected chi connectivity index (χ2v) is 6.50. The van der Waals surface area contributed by atoms with Gasteiger partial charge in [-0.3, -0.25) is 10.1 Å². The number of amides is 2. The van der Waals surface area contributed by atoms with Gasteiger partial charge < -0.3 is 15.2 Å². The van der Waals surface area contributed by atoms with E-state index in [0.29, 0.717) is 18.0 Å². The van der Waals surface area contributed by atoms with Gasteiger partial charge in [0.05, 0.1) is 13.0 Å². The van der Waals surface area contributed by atoms with Crippen LogP contribution in [0, 0.1) is 17.3 Å². The molecule has 0 saturated heterocycles. The highest BCUT2D eigenvalue weighted by Crippen LogP contribution is 2.52. The first-order valence-electron chi connectivity index (χ1n) is 7.56. The van der Waals surface area contributed by atoms with E-state index in [1.807, 2.05) is 20.8 Å². The van der Waals surface area contributed by atoms with Crippen molar-refractivity contribution in [3.05, 3.63) is 18.3 Å². The highest BCUT2D eigenvalue weighted by Gasteiger charge is 2.53. The molecule has 0 bridgehead atoms. The third-order valence-electron chi connectivity index (χ3n) is 4.83. The van der Waals surface area contributed by atoms with Crippen LogP contribution in [0.2, 0.25) is 0 Å². The highest BCUT2D eigenvalue weighted by molar-refractivity contribution is 5.89. The van der Waals surface area contributed by atoms with Crippen molar-refractivity contribution in [3.63, 3.8) is 0 Å². The van der Waals surface area contributed by atoms with Crippen molar-refractivity contribution in [2.75, 3.05) is 12.4 Å². The van der Waals surface area contributed by atoms with E-state index in [-0.39, 0.29) is 29.3 Å². The molecular weight excluding hydrogens is 298 g/mol. The number of aromatic nitrogens is 1. The maximum atomic E-state index is 12.1. The number of methoxy groups -OCH3 is 1. The molecule has 126 valence electrons. The molecule has 2 rings (SSSR count). The third kappa shape index (κ3) is 3.38. The molecule has 1 aromatic rings. The van der Waals surface area contributed by atoms with Crippen molar-refractivity contribution in [2.45, 2.75) is 33.2 Å². The van der Waals surface area contributed by atoms with Crippen LogP contribution in [0.4, 0.5) is 10.6 Å². The van der Waals surface area contributed by atoms with E-state index in [0.717, 1.165) is 0 Å². The number of hydrogen-bond acceptors (Lipinski definition) is 4. The molecule has 3 N–H and O–H groups in total. The molecule has 1 aliphatic rings. The number of carbonyl (C=O) groups excluding carboxylic acids is 1. The average molecular weight is 321 g/mol. The van der Waals surface area contributed by atoms with Gasteiger partial charge >= 0.3 is 12.0 Å². The summed E-state index contributed by atoms with van der Waals surface area (Å²) in [6, 6.07) is 2.89. The van der Waals surface area contributed by atoms with Crippen LogP contribution >= 0.6 is 0 Å². The lowest BCUT2D eigenvalue weighted by Gasteiger charge is -2.52. The van der Waals surface area contributed by atoms with Gasteiger partial charge in [0.1, 0.15) is 0 Å². The van der Waals surface area contributed by atoms with E-state index in [2.05, 4.69) is 15.6 Å². The minimum Gasteiger partial charge on any atom is -0.493 e. The second-order valence-electron chi connectivity index (χ2n) is 6.50. The highest BCUT2D eigenvalue weighted by atomic mass is 16.5. The van der Waals surface area contributed by atoms with Crippen molar-refractivity contribution in [3.8, 4) is 5.75 Å². The number of ether oxygens (including phenoxy) is 1. The van der Waals surface area contributed by atoms with E-state index in [1.54, 1.807) is 18.3 Å². The van der Waals surface area contributed by atoms with Crippen molar-refractivity contribution in [2.24, 2.45) is 17.3 Å². The van der Waals surface area contributed by atoms with Crippen molar-refractivity contribution in [1.82, 2.24) is 10.3 Å². The number of urea groups is 1. The smallest absolute Gasteiger partial charge is 0.320 e. The summed E-state index contributed by atoms with van der Waals surface area (Å²) >= 11 is 0. The molecule has 23 heavy (non-hydrogen) atoms. The monoisotopic (exact) mass is 321 g/mol. The van der Waals surface area contributed by atoms with Crippen LogP contribution < -0.4 is 15.4 Å². The topological polar surface area (TPSA) is 101 Å². The second kappa shape index (κ2) is 6.44. The Kier molecular flexibility index (Phi) is 4.77. The molecule has 1 fully saturated rings. The van der Waals surface area contributed by atoms with E-state index in [4.69, 9.17) is 4.74 Å². The fourth-order valence-electron chi connectivity index (χ4n) is 3.33. The molecule has 0 spiro atoms. The third-order valence-corrected chi connectivity index (χ3v) is 4.83. The lowest BCUT2D eigenvalue weighted by molar-refractivity contribution is -0.160. The summed E-state index contributed by atoms with van der Waals surface area (Å²) < 4.78 is 5.13. The number of carboxylic acids is 1. The molecule has 1 heterocycles. The standard InChI is InChI=1S/C16H23N3O4/c1-9(10-8-11(14(20)21)16(10,2)3)18-15(22)19-13-12(23-4)6-5-7-17-13/h5-7,9-11H,8H2,1-4H3,(H,20,21)(H2,17,18,19,22)/t9?,10-,11+/m0/s1. The molecule has 1 unspecified atom stereocenters. The van der Waals surface area contributed by atoms with Gasteiger partial charge in [0.2, 0.25) is 0 Å². The van der Waals surface area contributed by atoms with Crippen molar-refractivity contribution >= 4 is 17.8 Å². The van der Waals surface area contributed by atoms with E-state index in [1.165, 1.54) is 7.11 Å². The van der Waals surface area contributed by atoms with Gasteiger partial charge in [-0.05, 0) is 36.8 Å². The summed E-state index contributed by atoms with van der Waals surface area (Å²) in [5.41, 5.74) is -0.346. The Morgan fingerprint density at radius 1 is 1.48 bits per heavy atom. The predicted molar refractivity (Wildman–Crippen MR) is 85.4 cm³/mol. The van der Waals surface area contributed by atoms with Gasteiger partial charge in [-0.1, -0.05) is 13.8 Å². The minimum atomic E-state index is -0.777. The molecular formula is C16H23N3O4. The lowest BCUT2D eigenvalue weighted by atomic mass is 9.53. The first-order valence-corrected chi connectivity index (χ1v) is 7.56. The number of hydrogen-bond donors (Lipinski definition) is 3. The predicted octanol–water partition coefficient (Wildman–Crippen LogP) is 2.35. The van der Waals surface area contributed by atoms with E-state index >= 15 is 0 Å².